The number of anilines is 1. The first-order chi connectivity index (χ1) is 12.3. The summed E-state index contributed by atoms with van der Waals surface area (Å²) in [6.45, 7) is 4.69. The molecule has 3 rings (SSSR count). The lowest BCUT2D eigenvalue weighted by molar-refractivity contribution is -0.385. The zero-order valence-electron chi connectivity index (χ0n) is 15.1. The summed E-state index contributed by atoms with van der Waals surface area (Å²) in [6, 6.07) is 5.12. The molecule has 8 nitrogen and oxygen atoms in total. The average Bonchev–Trinajstić information content (AvgIpc) is 2.60. The fourth-order valence-electron chi connectivity index (χ4n) is 3.91. The van der Waals surface area contributed by atoms with Crippen molar-refractivity contribution in [1.29, 1.82) is 0 Å². The number of benzene rings is 1. The highest BCUT2D eigenvalue weighted by molar-refractivity contribution is 7.88. The first kappa shape index (κ1) is 19.1. The zero-order chi connectivity index (χ0) is 18.9. The van der Waals surface area contributed by atoms with Crippen LogP contribution in [0.3, 0.4) is 0 Å². The molecule has 2 aliphatic rings. The van der Waals surface area contributed by atoms with Crippen LogP contribution >= 0.6 is 0 Å². The van der Waals surface area contributed by atoms with E-state index in [4.69, 9.17) is 4.74 Å². The summed E-state index contributed by atoms with van der Waals surface area (Å²) in [6.07, 6.45) is 2.79. The van der Waals surface area contributed by atoms with E-state index in [1.165, 1.54) is 10.6 Å². The van der Waals surface area contributed by atoms with E-state index in [1.54, 1.807) is 12.1 Å². The van der Waals surface area contributed by atoms with Gasteiger partial charge >= 0.3 is 0 Å². The Bertz CT molecular complexity index is 777. The zero-order valence-corrected chi connectivity index (χ0v) is 15.9. The molecule has 1 atom stereocenters. The maximum absolute atomic E-state index is 11.8. The van der Waals surface area contributed by atoms with Gasteiger partial charge in [0.1, 0.15) is 0 Å². The average molecular weight is 383 g/mol. The summed E-state index contributed by atoms with van der Waals surface area (Å²) in [7, 11) is -3.22. The Labute approximate surface area is 153 Å². The molecular formula is C17H25N3O5S. The predicted molar refractivity (Wildman–Crippen MR) is 99.1 cm³/mol. The smallest absolute Gasteiger partial charge is 0.273 e. The molecule has 26 heavy (non-hydrogen) atoms. The Hall–Kier alpha value is -1.71. The molecule has 0 radical (unpaired) electrons. The Morgan fingerprint density at radius 2 is 1.92 bits per heavy atom. The largest absolute Gasteiger partial charge is 0.381 e. The van der Waals surface area contributed by atoms with Gasteiger partial charge in [0.2, 0.25) is 10.0 Å². The van der Waals surface area contributed by atoms with Gasteiger partial charge in [-0.05, 0) is 37.8 Å². The van der Waals surface area contributed by atoms with Gasteiger partial charge in [-0.2, -0.15) is 4.31 Å². The van der Waals surface area contributed by atoms with Gasteiger partial charge in [0.25, 0.3) is 5.69 Å². The van der Waals surface area contributed by atoms with Crippen molar-refractivity contribution in [2.75, 3.05) is 44.0 Å². The SMILES string of the molecule is C[C@H]1CN(c2ccc([N+](=O)[O-])c(C3CCOCC3)c2)CCN1S(C)(=O)=O. The maximum Gasteiger partial charge on any atom is 0.273 e. The summed E-state index contributed by atoms with van der Waals surface area (Å²) in [4.78, 5) is 13.2. The first-order valence-electron chi connectivity index (χ1n) is 8.85. The van der Waals surface area contributed by atoms with Gasteiger partial charge in [-0.15, -0.1) is 0 Å². The molecule has 2 fully saturated rings. The Morgan fingerprint density at radius 3 is 2.50 bits per heavy atom. The van der Waals surface area contributed by atoms with E-state index in [1.807, 2.05) is 13.0 Å². The highest BCUT2D eigenvalue weighted by Crippen LogP contribution is 2.36. The van der Waals surface area contributed by atoms with Crippen LogP contribution in [0.25, 0.3) is 0 Å². The number of rotatable bonds is 4. The lowest BCUT2D eigenvalue weighted by Crippen LogP contribution is -2.53. The molecule has 0 unspecified atom stereocenters. The first-order valence-corrected chi connectivity index (χ1v) is 10.7. The number of ether oxygens (including phenoxy) is 1. The van der Waals surface area contributed by atoms with E-state index in [-0.39, 0.29) is 22.6 Å². The molecule has 9 heteroatoms. The van der Waals surface area contributed by atoms with Crippen molar-refractivity contribution >= 4 is 21.4 Å². The van der Waals surface area contributed by atoms with Gasteiger partial charge in [-0.25, -0.2) is 8.42 Å². The summed E-state index contributed by atoms with van der Waals surface area (Å²) < 4.78 is 30.6. The van der Waals surface area contributed by atoms with Crippen LogP contribution < -0.4 is 4.90 Å². The van der Waals surface area contributed by atoms with Crippen LogP contribution in [0.15, 0.2) is 18.2 Å². The molecule has 0 aliphatic carbocycles. The molecule has 0 spiro atoms. The second kappa shape index (κ2) is 7.50. The van der Waals surface area contributed by atoms with E-state index in [0.717, 1.165) is 24.1 Å². The molecule has 2 aliphatic heterocycles. The number of hydrogen-bond donors (Lipinski definition) is 0. The third-order valence-corrected chi connectivity index (χ3v) is 6.62. The minimum absolute atomic E-state index is 0.124. The molecular weight excluding hydrogens is 358 g/mol. The van der Waals surface area contributed by atoms with E-state index in [2.05, 4.69) is 4.90 Å². The normalized spacial score (nSPS) is 23.2. The Morgan fingerprint density at radius 1 is 1.23 bits per heavy atom. The van der Waals surface area contributed by atoms with Gasteiger partial charge in [0.15, 0.2) is 0 Å². The Kier molecular flexibility index (Phi) is 5.50. The van der Waals surface area contributed by atoms with Crippen molar-refractivity contribution in [3.63, 3.8) is 0 Å². The lowest BCUT2D eigenvalue weighted by Gasteiger charge is -2.39. The third kappa shape index (κ3) is 3.99. The molecule has 0 amide bonds. The summed E-state index contributed by atoms with van der Waals surface area (Å²) in [5, 5.41) is 11.4. The molecule has 0 bridgehead atoms. The quantitative estimate of drug-likeness (QED) is 0.583. The van der Waals surface area contributed by atoms with Crippen molar-refractivity contribution in [3.05, 3.63) is 33.9 Å². The van der Waals surface area contributed by atoms with E-state index >= 15 is 0 Å². The number of nitro groups is 1. The molecule has 0 aromatic heterocycles. The number of piperazine rings is 1. The van der Waals surface area contributed by atoms with Crippen LogP contribution in [0.1, 0.15) is 31.2 Å². The number of sulfonamides is 1. The molecule has 0 saturated carbocycles. The minimum Gasteiger partial charge on any atom is -0.381 e. The fraction of sp³-hybridized carbons (Fsp3) is 0.647. The van der Waals surface area contributed by atoms with Crippen LogP contribution in [0, 0.1) is 10.1 Å². The number of hydrogen-bond acceptors (Lipinski definition) is 6. The molecule has 144 valence electrons. The Balaban J connectivity index is 1.86. The minimum atomic E-state index is -3.22. The van der Waals surface area contributed by atoms with Gasteiger partial charge < -0.3 is 9.64 Å². The van der Waals surface area contributed by atoms with Crippen molar-refractivity contribution in [1.82, 2.24) is 4.31 Å². The summed E-state index contributed by atoms with van der Waals surface area (Å²) in [5.41, 5.74) is 1.83. The van der Waals surface area contributed by atoms with E-state index in [9.17, 15) is 18.5 Å². The van der Waals surface area contributed by atoms with Crippen molar-refractivity contribution in [3.8, 4) is 0 Å². The van der Waals surface area contributed by atoms with Gasteiger partial charge in [0.05, 0.1) is 11.2 Å². The topological polar surface area (TPSA) is 93.0 Å². The van der Waals surface area contributed by atoms with Crippen LogP contribution in [-0.4, -0.2) is 62.8 Å². The van der Waals surface area contributed by atoms with Gasteiger partial charge in [0, 0.05) is 56.2 Å². The molecule has 1 aromatic rings. The highest BCUT2D eigenvalue weighted by atomic mass is 32.2. The number of nitro benzene ring substituents is 1. The summed E-state index contributed by atoms with van der Waals surface area (Å²) >= 11 is 0. The van der Waals surface area contributed by atoms with Crippen molar-refractivity contribution < 1.29 is 18.1 Å². The third-order valence-electron chi connectivity index (χ3n) is 5.23. The fourth-order valence-corrected chi connectivity index (χ4v) is 5.04. The standard InChI is InChI=1S/C17H25N3O5S/c1-13-12-18(7-8-19(13)26(2,23)24)15-3-4-17(20(21)22)16(11-15)14-5-9-25-10-6-14/h3-4,11,13-14H,5-10,12H2,1-2H3/t13-/m0/s1. The second-order valence-corrected chi connectivity index (χ2v) is 8.99. The van der Waals surface area contributed by atoms with Crippen LogP contribution in [0.4, 0.5) is 11.4 Å². The monoisotopic (exact) mass is 383 g/mol. The number of nitrogens with zero attached hydrogens (tertiary/aromatic N) is 3. The maximum atomic E-state index is 11.8. The van der Waals surface area contributed by atoms with Crippen molar-refractivity contribution in [2.45, 2.75) is 31.7 Å². The molecule has 0 N–H and O–H groups in total. The van der Waals surface area contributed by atoms with Gasteiger partial charge in [-0.3, -0.25) is 10.1 Å². The van der Waals surface area contributed by atoms with Crippen LogP contribution in [0.2, 0.25) is 0 Å². The molecule has 2 heterocycles. The lowest BCUT2D eigenvalue weighted by atomic mass is 9.90. The van der Waals surface area contributed by atoms with Crippen LogP contribution in [0.5, 0.6) is 0 Å². The predicted octanol–water partition coefficient (Wildman–Crippen LogP) is 1.96. The van der Waals surface area contributed by atoms with Crippen LogP contribution in [-0.2, 0) is 14.8 Å². The van der Waals surface area contributed by atoms with E-state index < -0.39 is 10.0 Å². The van der Waals surface area contributed by atoms with E-state index in [0.29, 0.717) is 32.8 Å². The summed E-state index contributed by atoms with van der Waals surface area (Å²) in [5.74, 6) is 0.124. The molecule has 2 saturated heterocycles. The molecule has 1 aromatic carbocycles. The van der Waals surface area contributed by atoms with Gasteiger partial charge in [-0.1, -0.05) is 0 Å². The highest BCUT2D eigenvalue weighted by Gasteiger charge is 2.31. The second-order valence-electron chi connectivity index (χ2n) is 7.06. The van der Waals surface area contributed by atoms with Crippen molar-refractivity contribution in [2.24, 2.45) is 0 Å².